The van der Waals surface area contributed by atoms with Gasteiger partial charge in [-0.1, -0.05) is 43.3 Å². The Morgan fingerprint density at radius 3 is 2.71 bits per heavy atom. The number of esters is 1. The van der Waals surface area contributed by atoms with E-state index in [-0.39, 0.29) is 44.2 Å². The fraction of sp³-hybridized carbons (Fsp3) is 0.567. The molecule has 3 aliphatic heterocycles. The van der Waals surface area contributed by atoms with Crippen molar-refractivity contribution in [2.75, 3.05) is 19.8 Å². The third-order valence-corrected chi connectivity index (χ3v) is 8.97. The van der Waals surface area contributed by atoms with Crippen molar-refractivity contribution in [1.82, 2.24) is 24.8 Å². The molecule has 11 nitrogen and oxygen atoms in total. The number of hydrogen-bond acceptors (Lipinski definition) is 8. The molecule has 4 heterocycles. The van der Waals surface area contributed by atoms with Crippen LogP contribution in [0.1, 0.15) is 40.0 Å². The zero-order valence-electron chi connectivity index (χ0n) is 23.9. The highest BCUT2D eigenvalue weighted by atomic mass is 16.6. The number of fused-ring (bicyclic) bond motifs is 2. The number of para-hydroxylation sites is 1. The molecule has 0 radical (unpaired) electrons. The number of aromatic nitrogens is 3. The molecule has 2 unspecified atom stereocenters. The molecule has 0 saturated carbocycles. The van der Waals surface area contributed by atoms with Crippen LogP contribution in [0.2, 0.25) is 0 Å². The molecular formula is C30H39N5O6. The SMILES string of the molecule is C=CCCOC(=O)[C@@H]1[C@H]2C(=O)N([C@@H](CO)C(C)C)C(C(=O)N(CC=C)Cn3nnc4ccccc43)C23CC[C@@]1(C)O3. The van der Waals surface area contributed by atoms with Gasteiger partial charge in [0.2, 0.25) is 11.8 Å². The maximum atomic E-state index is 14.6. The van der Waals surface area contributed by atoms with E-state index in [0.29, 0.717) is 24.8 Å². The Morgan fingerprint density at radius 1 is 1.27 bits per heavy atom. The van der Waals surface area contributed by atoms with E-state index in [0.717, 1.165) is 5.52 Å². The predicted molar refractivity (Wildman–Crippen MR) is 150 cm³/mol. The standard InChI is InChI=1S/C30H39N5O6/c1-6-8-16-40-28(39)24-23-26(37)35(22(17-36)19(3)4)25(30(23)14-13-29(24,5)41-30)27(38)33(15-7-2)18-34-21-12-10-9-11-20(21)31-32-34/h6-7,9-12,19,22-25,36H,1-2,8,13-18H2,3-5H3/t22-,23-,24-,25?,29+,30?/m0/s1. The number of carbonyl (C=O) groups excluding carboxylic acids is 3. The third kappa shape index (κ3) is 4.55. The van der Waals surface area contributed by atoms with Crippen LogP contribution in [-0.2, 0) is 30.5 Å². The average Bonchev–Trinajstić information content (AvgIpc) is 3.64. The zero-order chi connectivity index (χ0) is 29.5. The molecule has 41 heavy (non-hydrogen) atoms. The van der Waals surface area contributed by atoms with E-state index >= 15 is 0 Å². The smallest absolute Gasteiger partial charge is 0.312 e. The van der Waals surface area contributed by atoms with Gasteiger partial charge in [0.25, 0.3) is 0 Å². The van der Waals surface area contributed by atoms with Crippen molar-refractivity contribution in [2.24, 2.45) is 17.8 Å². The second-order valence-electron chi connectivity index (χ2n) is 11.8. The number of aliphatic hydroxyl groups excluding tert-OH is 1. The first-order valence-electron chi connectivity index (χ1n) is 14.2. The number of likely N-dealkylation sites (tertiary alicyclic amines) is 1. The first-order valence-corrected chi connectivity index (χ1v) is 14.2. The summed E-state index contributed by atoms with van der Waals surface area (Å²) in [5.41, 5.74) is -0.739. The number of ether oxygens (including phenoxy) is 2. The van der Waals surface area contributed by atoms with Crippen LogP contribution >= 0.6 is 0 Å². The third-order valence-electron chi connectivity index (χ3n) is 8.97. The van der Waals surface area contributed by atoms with E-state index in [1.54, 1.807) is 21.7 Å². The van der Waals surface area contributed by atoms with Crippen LogP contribution in [0.5, 0.6) is 0 Å². The van der Waals surface area contributed by atoms with Crippen molar-refractivity contribution in [2.45, 2.75) is 70.0 Å². The van der Waals surface area contributed by atoms with Gasteiger partial charge >= 0.3 is 5.97 Å². The lowest BCUT2D eigenvalue weighted by Crippen LogP contribution is -2.59. The topological polar surface area (TPSA) is 127 Å². The highest BCUT2D eigenvalue weighted by molar-refractivity contribution is 5.98. The number of carbonyl (C=O) groups is 3. The van der Waals surface area contributed by atoms with Gasteiger partial charge in [-0.2, -0.15) is 0 Å². The summed E-state index contributed by atoms with van der Waals surface area (Å²) in [6.45, 7) is 13.2. The van der Waals surface area contributed by atoms with Crippen molar-refractivity contribution in [3.8, 4) is 0 Å². The Labute approximate surface area is 239 Å². The van der Waals surface area contributed by atoms with E-state index in [4.69, 9.17) is 9.47 Å². The molecule has 2 amide bonds. The van der Waals surface area contributed by atoms with Crippen molar-refractivity contribution >= 4 is 28.8 Å². The lowest BCUT2D eigenvalue weighted by molar-refractivity contribution is -0.162. The number of benzene rings is 1. The molecule has 1 aromatic heterocycles. The monoisotopic (exact) mass is 565 g/mol. The van der Waals surface area contributed by atoms with E-state index < -0.39 is 41.1 Å². The van der Waals surface area contributed by atoms with Gasteiger partial charge < -0.3 is 24.4 Å². The first-order chi connectivity index (χ1) is 19.6. The Hall–Kier alpha value is -3.57. The van der Waals surface area contributed by atoms with Gasteiger partial charge in [-0.15, -0.1) is 18.3 Å². The minimum atomic E-state index is -1.24. The zero-order valence-corrected chi connectivity index (χ0v) is 23.9. The Kier molecular flexibility index (Phi) is 7.78. The second-order valence-corrected chi connectivity index (χ2v) is 11.8. The summed E-state index contributed by atoms with van der Waals surface area (Å²) < 4.78 is 13.9. The summed E-state index contributed by atoms with van der Waals surface area (Å²) in [7, 11) is 0. The van der Waals surface area contributed by atoms with E-state index in [2.05, 4.69) is 23.5 Å². The number of rotatable bonds is 12. The number of hydrogen-bond donors (Lipinski definition) is 1. The average molecular weight is 566 g/mol. The quantitative estimate of drug-likeness (QED) is 0.236. The van der Waals surface area contributed by atoms with Gasteiger partial charge in [0.05, 0.1) is 36.3 Å². The molecule has 3 fully saturated rings. The van der Waals surface area contributed by atoms with Gasteiger partial charge in [-0.25, -0.2) is 4.68 Å². The van der Waals surface area contributed by atoms with Crippen molar-refractivity contribution in [1.29, 1.82) is 0 Å². The molecule has 6 atom stereocenters. The van der Waals surface area contributed by atoms with Crippen LogP contribution in [0.25, 0.3) is 11.0 Å². The summed E-state index contributed by atoms with van der Waals surface area (Å²) in [5.74, 6) is -3.17. The van der Waals surface area contributed by atoms with Crippen LogP contribution in [0.15, 0.2) is 49.6 Å². The fourth-order valence-electron chi connectivity index (χ4n) is 7.04. The minimum absolute atomic E-state index is 0.0698. The summed E-state index contributed by atoms with van der Waals surface area (Å²) in [6, 6.07) is 5.75. The summed E-state index contributed by atoms with van der Waals surface area (Å²) in [4.78, 5) is 45.5. The second kappa shape index (κ2) is 11.0. The molecule has 0 aliphatic carbocycles. The van der Waals surface area contributed by atoms with Crippen molar-refractivity contribution in [3.63, 3.8) is 0 Å². The van der Waals surface area contributed by atoms with Crippen molar-refractivity contribution < 1.29 is 29.0 Å². The molecular weight excluding hydrogens is 526 g/mol. The highest BCUT2D eigenvalue weighted by Crippen LogP contribution is 2.64. The number of amides is 2. The summed E-state index contributed by atoms with van der Waals surface area (Å²) in [6.07, 6.45) is 4.68. The highest BCUT2D eigenvalue weighted by Gasteiger charge is 2.79. The Morgan fingerprint density at radius 2 is 2.02 bits per heavy atom. The fourth-order valence-corrected chi connectivity index (χ4v) is 7.04. The Bertz CT molecular complexity index is 1360. The number of nitrogens with zero attached hydrogens (tertiary/aromatic N) is 5. The minimum Gasteiger partial charge on any atom is -0.465 e. The molecule has 5 rings (SSSR count). The largest absolute Gasteiger partial charge is 0.465 e. The molecule has 220 valence electrons. The van der Waals surface area contributed by atoms with Gasteiger partial charge in [-0.05, 0) is 44.2 Å². The van der Waals surface area contributed by atoms with Crippen LogP contribution in [0.4, 0.5) is 0 Å². The van der Waals surface area contributed by atoms with Gasteiger partial charge in [-0.3, -0.25) is 14.4 Å². The molecule has 1 N–H and O–H groups in total. The molecule has 1 spiro atoms. The lowest BCUT2D eigenvalue weighted by Gasteiger charge is -2.40. The maximum absolute atomic E-state index is 14.6. The van der Waals surface area contributed by atoms with Crippen LogP contribution in [0, 0.1) is 17.8 Å². The summed E-state index contributed by atoms with van der Waals surface area (Å²) in [5, 5.41) is 18.9. The first kappa shape index (κ1) is 28.9. The lowest BCUT2D eigenvalue weighted by atomic mass is 9.66. The van der Waals surface area contributed by atoms with Crippen LogP contribution in [-0.4, -0.2) is 90.7 Å². The van der Waals surface area contributed by atoms with Gasteiger partial charge in [0, 0.05) is 6.54 Å². The van der Waals surface area contributed by atoms with E-state index in [9.17, 15) is 19.5 Å². The van der Waals surface area contributed by atoms with Crippen molar-refractivity contribution in [3.05, 3.63) is 49.6 Å². The molecule has 2 aromatic rings. The van der Waals surface area contributed by atoms with Crippen LogP contribution in [0.3, 0.4) is 0 Å². The molecule has 11 heteroatoms. The van der Waals surface area contributed by atoms with E-state index in [1.807, 2.05) is 45.0 Å². The van der Waals surface area contributed by atoms with Gasteiger partial charge in [0.1, 0.15) is 29.7 Å². The van der Waals surface area contributed by atoms with E-state index in [1.165, 1.54) is 4.90 Å². The van der Waals surface area contributed by atoms with Crippen LogP contribution < -0.4 is 0 Å². The summed E-state index contributed by atoms with van der Waals surface area (Å²) >= 11 is 0. The maximum Gasteiger partial charge on any atom is 0.312 e. The molecule has 3 saturated heterocycles. The number of aliphatic hydroxyl groups is 1. The van der Waals surface area contributed by atoms with Gasteiger partial charge in [0.15, 0.2) is 0 Å². The molecule has 2 bridgehead atoms. The molecule has 1 aromatic carbocycles. The molecule has 3 aliphatic rings. The predicted octanol–water partition coefficient (Wildman–Crippen LogP) is 2.30. The Balaban J connectivity index is 1.56. The normalized spacial score (nSPS) is 29.1.